The summed E-state index contributed by atoms with van der Waals surface area (Å²) in [6.07, 6.45) is -1.57. The molecule has 1 aliphatic rings. The van der Waals surface area contributed by atoms with Crippen LogP contribution in [0, 0.1) is 6.92 Å². The normalized spacial score (nSPS) is 23.4. The lowest BCUT2D eigenvalue weighted by Crippen LogP contribution is -2.23. The van der Waals surface area contributed by atoms with E-state index in [-0.39, 0.29) is 12.4 Å². The van der Waals surface area contributed by atoms with E-state index in [1.165, 1.54) is 0 Å². The Kier molecular flexibility index (Phi) is 3.76. The van der Waals surface area contributed by atoms with E-state index in [0.29, 0.717) is 5.75 Å². The molecule has 100 valence electrons. The van der Waals surface area contributed by atoms with Crippen LogP contribution in [0.1, 0.15) is 5.56 Å². The summed E-state index contributed by atoms with van der Waals surface area (Å²) >= 11 is 0. The summed E-state index contributed by atoms with van der Waals surface area (Å²) in [6, 6.07) is 7.02. The third-order valence-corrected chi connectivity index (χ3v) is 3.72. The number of hydrogen-bond acceptors (Lipinski definition) is 6. The summed E-state index contributed by atoms with van der Waals surface area (Å²) in [6.45, 7) is 1.77. The van der Waals surface area contributed by atoms with Gasteiger partial charge in [-0.05, 0) is 18.6 Å². The maximum atomic E-state index is 11.5. The van der Waals surface area contributed by atoms with Gasteiger partial charge < -0.3 is 18.6 Å². The maximum absolute atomic E-state index is 11.5. The minimum Gasteiger partial charge on any atom is -0.427 e. The standard InChI is InChI=1S/C11H14O6S/c1-8-4-2-3-5-10(8)17-11(12)16-9-6-15-18(13,14)7-9/h2-5,9,13-14H,6-7H2,1H3. The smallest absolute Gasteiger partial charge is 0.427 e. The van der Waals surface area contributed by atoms with Gasteiger partial charge in [-0.25, -0.2) is 4.79 Å². The van der Waals surface area contributed by atoms with Crippen molar-refractivity contribution in [3.8, 4) is 5.75 Å². The predicted molar refractivity (Wildman–Crippen MR) is 65.7 cm³/mol. The molecule has 18 heavy (non-hydrogen) atoms. The Hall–Kier alpha value is -1.28. The Balaban J connectivity index is 1.88. The fourth-order valence-electron chi connectivity index (χ4n) is 1.51. The topological polar surface area (TPSA) is 85.2 Å². The second-order valence-corrected chi connectivity index (χ2v) is 5.70. The molecule has 1 aromatic carbocycles. The van der Waals surface area contributed by atoms with Crippen LogP contribution in [-0.2, 0) is 8.92 Å². The molecular weight excluding hydrogens is 260 g/mol. The van der Waals surface area contributed by atoms with Crippen LogP contribution in [-0.4, -0.2) is 33.7 Å². The van der Waals surface area contributed by atoms with Crippen LogP contribution in [0.25, 0.3) is 0 Å². The van der Waals surface area contributed by atoms with E-state index in [9.17, 15) is 13.9 Å². The highest BCUT2D eigenvalue weighted by Gasteiger charge is 2.35. The van der Waals surface area contributed by atoms with Gasteiger partial charge in [-0.15, -0.1) is 0 Å². The first-order chi connectivity index (χ1) is 8.46. The van der Waals surface area contributed by atoms with Crippen molar-refractivity contribution >= 4 is 17.0 Å². The van der Waals surface area contributed by atoms with E-state index in [0.717, 1.165) is 5.56 Å². The van der Waals surface area contributed by atoms with E-state index in [4.69, 9.17) is 9.47 Å². The molecule has 0 amide bonds. The van der Waals surface area contributed by atoms with Crippen molar-refractivity contribution in [1.29, 1.82) is 0 Å². The number of hydrogen-bond donors (Lipinski definition) is 2. The predicted octanol–water partition coefficient (Wildman–Crippen LogP) is 2.57. The van der Waals surface area contributed by atoms with Crippen LogP contribution < -0.4 is 4.74 Å². The lowest BCUT2D eigenvalue weighted by atomic mass is 10.2. The molecule has 0 spiro atoms. The van der Waals surface area contributed by atoms with Gasteiger partial charge in [0.2, 0.25) is 0 Å². The third kappa shape index (κ3) is 3.36. The SMILES string of the molecule is Cc1ccccc1OC(=O)OC1COS(O)(O)C1. The number of carbonyl (C=O) groups excluding carboxylic acids is 1. The first kappa shape index (κ1) is 13.2. The monoisotopic (exact) mass is 274 g/mol. The second kappa shape index (κ2) is 5.15. The number of aryl methyl sites for hydroxylation is 1. The molecule has 0 bridgehead atoms. The van der Waals surface area contributed by atoms with Crippen LogP contribution in [0.3, 0.4) is 0 Å². The number of para-hydroxylation sites is 1. The van der Waals surface area contributed by atoms with Crippen LogP contribution >= 0.6 is 10.9 Å². The zero-order valence-corrected chi connectivity index (χ0v) is 10.6. The summed E-state index contributed by atoms with van der Waals surface area (Å²) in [5.41, 5.74) is 0.807. The number of rotatable bonds is 2. The highest BCUT2D eigenvalue weighted by Crippen LogP contribution is 2.45. The Bertz CT molecular complexity index is 447. The zero-order valence-electron chi connectivity index (χ0n) is 9.74. The summed E-state index contributed by atoms with van der Waals surface area (Å²) < 4.78 is 33.0. The van der Waals surface area contributed by atoms with Gasteiger partial charge in [0, 0.05) is 0 Å². The van der Waals surface area contributed by atoms with Gasteiger partial charge in [-0.1, -0.05) is 18.2 Å². The van der Waals surface area contributed by atoms with Gasteiger partial charge in [0.05, 0.1) is 16.6 Å². The second-order valence-electron chi connectivity index (χ2n) is 3.92. The number of benzene rings is 1. The molecule has 1 aromatic rings. The quantitative estimate of drug-likeness (QED) is 0.637. The summed E-state index contributed by atoms with van der Waals surface area (Å²) in [5.74, 6) is 0.295. The molecular formula is C11H14O6S. The van der Waals surface area contributed by atoms with Crippen LogP contribution in [0.2, 0.25) is 0 Å². The van der Waals surface area contributed by atoms with Crippen LogP contribution in [0.5, 0.6) is 5.75 Å². The molecule has 6 nitrogen and oxygen atoms in total. The van der Waals surface area contributed by atoms with Gasteiger partial charge in [-0.2, -0.15) is 0 Å². The molecule has 0 saturated carbocycles. The molecule has 1 fully saturated rings. The Morgan fingerprint density at radius 2 is 2.17 bits per heavy atom. The van der Waals surface area contributed by atoms with Crippen molar-refractivity contribution in [1.82, 2.24) is 0 Å². The number of ether oxygens (including phenoxy) is 2. The molecule has 0 aromatic heterocycles. The van der Waals surface area contributed by atoms with E-state index >= 15 is 0 Å². The van der Waals surface area contributed by atoms with E-state index in [1.807, 2.05) is 6.07 Å². The lowest BCUT2D eigenvalue weighted by Gasteiger charge is -2.17. The van der Waals surface area contributed by atoms with E-state index in [2.05, 4.69) is 4.18 Å². The summed E-state index contributed by atoms with van der Waals surface area (Å²) in [5, 5.41) is 0. The summed E-state index contributed by atoms with van der Waals surface area (Å²) in [7, 11) is -3.05. The van der Waals surface area contributed by atoms with E-state index < -0.39 is 23.1 Å². The first-order valence-electron chi connectivity index (χ1n) is 5.31. The van der Waals surface area contributed by atoms with Crippen LogP contribution in [0.15, 0.2) is 24.3 Å². The molecule has 1 unspecified atom stereocenters. The average molecular weight is 274 g/mol. The Labute approximate surface area is 106 Å². The average Bonchev–Trinajstić information content (AvgIpc) is 2.61. The van der Waals surface area contributed by atoms with Crippen molar-refractivity contribution in [3.05, 3.63) is 29.8 Å². The van der Waals surface area contributed by atoms with Crippen LogP contribution in [0.4, 0.5) is 4.79 Å². The van der Waals surface area contributed by atoms with Crippen molar-refractivity contribution in [3.63, 3.8) is 0 Å². The third-order valence-electron chi connectivity index (χ3n) is 2.40. The molecule has 1 saturated heterocycles. The molecule has 2 rings (SSSR count). The van der Waals surface area contributed by atoms with Gasteiger partial charge in [0.25, 0.3) is 0 Å². The van der Waals surface area contributed by atoms with Crippen molar-refractivity contribution < 1.29 is 27.6 Å². The zero-order chi connectivity index (χ0) is 13.2. The molecule has 7 heteroatoms. The minimum absolute atomic E-state index is 0.0365. The maximum Gasteiger partial charge on any atom is 0.514 e. The van der Waals surface area contributed by atoms with E-state index in [1.54, 1.807) is 25.1 Å². The molecule has 1 atom stereocenters. The largest absolute Gasteiger partial charge is 0.514 e. The molecule has 0 radical (unpaired) electrons. The van der Waals surface area contributed by atoms with Gasteiger partial charge in [-0.3, -0.25) is 4.18 Å². The van der Waals surface area contributed by atoms with Gasteiger partial charge >= 0.3 is 6.16 Å². The van der Waals surface area contributed by atoms with Crippen molar-refractivity contribution in [2.45, 2.75) is 13.0 Å². The minimum atomic E-state index is -3.05. The summed E-state index contributed by atoms with van der Waals surface area (Å²) in [4.78, 5) is 11.5. The van der Waals surface area contributed by atoms with Gasteiger partial charge in [0.1, 0.15) is 18.5 Å². The lowest BCUT2D eigenvalue weighted by molar-refractivity contribution is 0.0567. The highest BCUT2D eigenvalue weighted by molar-refractivity contribution is 8.20. The van der Waals surface area contributed by atoms with Crippen molar-refractivity contribution in [2.75, 3.05) is 12.4 Å². The molecule has 2 N–H and O–H groups in total. The molecule has 1 aliphatic heterocycles. The Morgan fingerprint density at radius 3 is 2.78 bits per heavy atom. The van der Waals surface area contributed by atoms with Gasteiger partial charge in [0.15, 0.2) is 0 Å². The molecule has 0 aliphatic carbocycles. The fourth-order valence-corrected chi connectivity index (χ4v) is 2.63. The molecule has 1 heterocycles. The first-order valence-corrected chi connectivity index (χ1v) is 6.95. The number of carbonyl (C=O) groups is 1. The fraction of sp³-hybridized carbons (Fsp3) is 0.364. The van der Waals surface area contributed by atoms with Crippen molar-refractivity contribution in [2.24, 2.45) is 0 Å². The Morgan fingerprint density at radius 1 is 1.44 bits per heavy atom. The highest BCUT2D eigenvalue weighted by atomic mass is 32.3.